The molecule has 0 saturated carbocycles. The van der Waals surface area contributed by atoms with E-state index in [4.69, 9.17) is 4.74 Å². The summed E-state index contributed by atoms with van der Waals surface area (Å²) in [5.74, 6) is 0.622. The Bertz CT molecular complexity index is 663. The molecule has 0 bridgehead atoms. The zero-order valence-electron chi connectivity index (χ0n) is 14.1. The number of hydrogen-bond acceptors (Lipinski definition) is 5. The molecule has 25 heavy (non-hydrogen) atoms. The molecule has 0 radical (unpaired) electrons. The summed E-state index contributed by atoms with van der Waals surface area (Å²) in [4.78, 5) is 29.3. The number of thioether (sulfide) groups is 1. The van der Waals surface area contributed by atoms with Crippen LogP contribution in [0.4, 0.5) is 0 Å². The van der Waals surface area contributed by atoms with Crippen LogP contribution in [0.5, 0.6) is 0 Å². The number of amides is 2. The topological polar surface area (TPSA) is 61.9 Å². The van der Waals surface area contributed by atoms with Crippen molar-refractivity contribution in [2.45, 2.75) is 17.8 Å². The second-order valence-corrected chi connectivity index (χ2v) is 7.71. The van der Waals surface area contributed by atoms with E-state index in [-0.39, 0.29) is 23.2 Å². The van der Waals surface area contributed by atoms with Crippen LogP contribution in [-0.4, -0.2) is 72.8 Å². The highest BCUT2D eigenvalue weighted by molar-refractivity contribution is 7.99. The van der Waals surface area contributed by atoms with E-state index in [1.54, 1.807) is 16.7 Å². The third kappa shape index (κ3) is 3.28. The fraction of sp³-hybridized carbons (Fsp3) is 0.556. The van der Waals surface area contributed by atoms with Gasteiger partial charge in [0.25, 0.3) is 5.91 Å². The zero-order valence-corrected chi connectivity index (χ0v) is 15.0. The lowest BCUT2D eigenvalue weighted by Gasteiger charge is -2.26. The van der Waals surface area contributed by atoms with Crippen molar-refractivity contribution >= 4 is 23.6 Å². The molecule has 134 valence electrons. The van der Waals surface area contributed by atoms with Crippen LogP contribution in [-0.2, 0) is 9.53 Å². The Balaban J connectivity index is 1.29. The van der Waals surface area contributed by atoms with E-state index in [0.29, 0.717) is 12.3 Å². The molecule has 2 fully saturated rings. The Morgan fingerprint density at radius 1 is 1.28 bits per heavy atom. The first-order valence-corrected chi connectivity index (χ1v) is 9.91. The summed E-state index contributed by atoms with van der Waals surface area (Å²) in [6.07, 6.45) is 0.920. The lowest BCUT2D eigenvalue weighted by atomic mass is 10.1. The summed E-state index contributed by atoms with van der Waals surface area (Å²) in [5.41, 5.74) is 1.78. The largest absolute Gasteiger partial charge is 0.379 e. The van der Waals surface area contributed by atoms with Gasteiger partial charge in [0.2, 0.25) is 5.91 Å². The number of hydrogen-bond donors (Lipinski definition) is 1. The van der Waals surface area contributed by atoms with Crippen molar-refractivity contribution in [3.8, 4) is 0 Å². The lowest BCUT2D eigenvalue weighted by molar-refractivity contribution is -0.124. The summed E-state index contributed by atoms with van der Waals surface area (Å²) < 4.78 is 5.34. The van der Waals surface area contributed by atoms with Gasteiger partial charge in [-0.3, -0.25) is 14.5 Å². The van der Waals surface area contributed by atoms with Gasteiger partial charge in [-0.05, 0) is 24.6 Å². The molecule has 4 rings (SSSR count). The first-order chi connectivity index (χ1) is 12.3. The molecule has 0 spiro atoms. The van der Waals surface area contributed by atoms with E-state index in [0.717, 1.165) is 50.4 Å². The number of benzene rings is 1. The first kappa shape index (κ1) is 16.9. The van der Waals surface area contributed by atoms with Gasteiger partial charge in [-0.1, -0.05) is 18.2 Å². The second-order valence-electron chi connectivity index (χ2n) is 6.60. The van der Waals surface area contributed by atoms with Crippen molar-refractivity contribution in [3.63, 3.8) is 0 Å². The maximum Gasteiger partial charge on any atom is 0.256 e. The third-order valence-corrected chi connectivity index (χ3v) is 6.35. The number of ether oxygens (including phenoxy) is 1. The Labute approximate surface area is 151 Å². The minimum atomic E-state index is -0.363. The van der Waals surface area contributed by atoms with Crippen molar-refractivity contribution in [1.29, 1.82) is 0 Å². The van der Waals surface area contributed by atoms with Crippen LogP contribution in [0.1, 0.15) is 27.7 Å². The standard InChI is InChI=1S/C18H23N3O3S/c22-16(19-6-3-7-20-8-10-24-11-9-20)15-12-25-18-14-5-2-1-4-13(14)17(23)21(15)18/h1-2,4-5,15,18H,3,6-12H2,(H,19,22)/t15-,18+/m0/s1. The Morgan fingerprint density at radius 3 is 2.92 bits per heavy atom. The fourth-order valence-electron chi connectivity index (χ4n) is 3.70. The molecule has 6 nitrogen and oxygen atoms in total. The van der Waals surface area contributed by atoms with Crippen molar-refractivity contribution in [1.82, 2.24) is 15.1 Å². The van der Waals surface area contributed by atoms with Crippen molar-refractivity contribution < 1.29 is 14.3 Å². The number of carbonyl (C=O) groups excluding carboxylic acids is 2. The number of morpholine rings is 1. The first-order valence-electron chi connectivity index (χ1n) is 8.87. The van der Waals surface area contributed by atoms with E-state index < -0.39 is 0 Å². The number of fused-ring (bicyclic) bond motifs is 3. The molecular formula is C18H23N3O3S. The highest BCUT2D eigenvalue weighted by Gasteiger charge is 2.48. The quantitative estimate of drug-likeness (QED) is 0.796. The molecule has 2 amide bonds. The number of nitrogens with zero attached hydrogens (tertiary/aromatic N) is 2. The normalized spacial score (nSPS) is 25.8. The van der Waals surface area contributed by atoms with Gasteiger partial charge in [0, 0.05) is 31.0 Å². The lowest BCUT2D eigenvalue weighted by Crippen LogP contribution is -2.46. The maximum atomic E-state index is 12.6. The molecule has 7 heteroatoms. The number of nitrogens with one attached hydrogen (secondary N) is 1. The van der Waals surface area contributed by atoms with Crippen LogP contribution in [0.3, 0.4) is 0 Å². The predicted molar refractivity (Wildman–Crippen MR) is 96.5 cm³/mol. The molecule has 3 aliphatic rings. The minimum absolute atomic E-state index is 0.00667. The summed E-state index contributed by atoms with van der Waals surface area (Å²) in [6.45, 7) is 5.15. The van der Waals surface area contributed by atoms with E-state index in [2.05, 4.69) is 10.2 Å². The fourth-order valence-corrected chi connectivity index (χ4v) is 5.16. The summed E-state index contributed by atoms with van der Waals surface area (Å²) in [7, 11) is 0. The number of rotatable bonds is 5. The predicted octanol–water partition coefficient (Wildman–Crippen LogP) is 1.09. The summed E-state index contributed by atoms with van der Waals surface area (Å²) in [6, 6.07) is 7.32. The SMILES string of the molecule is O=C(NCCCN1CCOCC1)[C@@H]1CS[C@@H]2c3ccccc3C(=O)N21. The van der Waals surface area contributed by atoms with Crippen LogP contribution in [0.2, 0.25) is 0 Å². The molecule has 2 saturated heterocycles. The Hall–Kier alpha value is -1.57. The second kappa shape index (κ2) is 7.35. The zero-order chi connectivity index (χ0) is 17.2. The molecule has 2 atom stereocenters. The van der Waals surface area contributed by atoms with E-state index in [1.165, 1.54) is 0 Å². The molecule has 3 aliphatic heterocycles. The summed E-state index contributed by atoms with van der Waals surface area (Å²) >= 11 is 1.68. The van der Waals surface area contributed by atoms with Gasteiger partial charge >= 0.3 is 0 Å². The Kier molecular flexibility index (Phi) is 4.96. The molecule has 1 aromatic carbocycles. The van der Waals surface area contributed by atoms with Gasteiger partial charge in [-0.25, -0.2) is 0 Å². The maximum absolute atomic E-state index is 12.6. The average molecular weight is 361 g/mol. The monoisotopic (exact) mass is 361 g/mol. The molecule has 0 aliphatic carbocycles. The average Bonchev–Trinajstić information content (AvgIpc) is 3.20. The van der Waals surface area contributed by atoms with Gasteiger partial charge < -0.3 is 15.0 Å². The molecule has 1 aromatic rings. The minimum Gasteiger partial charge on any atom is -0.379 e. The van der Waals surface area contributed by atoms with Crippen LogP contribution >= 0.6 is 11.8 Å². The van der Waals surface area contributed by atoms with Gasteiger partial charge in [-0.2, -0.15) is 0 Å². The van der Waals surface area contributed by atoms with Crippen molar-refractivity contribution in [3.05, 3.63) is 35.4 Å². The summed E-state index contributed by atoms with van der Waals surface area (Å²) in [5, 5.41) is 3.01. The van der Waals surface area contributed by atoms with Gasteiger partial charge in [0.15, 0.2) is 0 Å². The van der Waals surface area contributed by atoms with Crippen LogP contribution < -0.4 is 5.32 Å². The highest BCUT2D eigenvalue weighted by Crippen LogP contribution is 2.47. The Morgan fingerprint density at radius 2 is 2.08 bits per heavy atom. The van der Waals surface area contributed by atoms with Gasteiger partial charge in [0.1, 0.15) is 11.4 Å². The molecule has 3 heterocycles. The van der Waals surface area contributed by atoms with Crippen molar-refractivity contribution in [2.24, 2.45) is 0 Å². The molecule has 0 unspecified atom stereocenters. The van der Waals surface area contributed by atoms with Crippen molar-refractivity contribution in [2.75, 3.05) is 45.1 Å². The van der Waals surface area contributed by atoms with Gasteiger partial charge in [0.05, 0.1) is 13.2 Å². The molecule has 1 N–H and O–H groups in total. The molecular weight excluding hydrogens is 338 g/mol. The van der Waals surface area contributed by atoms with Crippen LogP contribution in [0.25, 0.3) is 0 Å². The third-order valence-electron chi connectivity index (χ3n) is 5.05. The smallest absolute Gasteiger partial charge is 0.256 e. The van der Waals surface area contributed by atoms with Crippen LogP contribution in [0, 0.1) is 0 Å². The van der Waals surface area contributed by atoms with E-state index in [1.807, 2.05) is 24.3 Å². The van der Waals surface area contributed by atoms with Crippen LogP contribution in [0.15, 0.2) is 24.3 Å². The number of carbonyl (C=O) groups is 2. The highest BCUT2D eigenvalue weighted by atomic mass is 32.2. The van der Waals surface area contributed by atoms with E-state index >= 15 is 0 Å². The van der Waals surface area contributed by atoms with Gasteiger partial charge in [-0.15, -0.1) is 11.8 Å². The van der Waals surface area contributed by atoms with E-state index in [9.17, 15) is 9.59 Å². The molecule has 0 aromatic heterocycles.